The molecule has 10 heteroatoms. The second-order valence-electron chi connectivity index (χ2n) is 12.3. The summed E-state index contributed by atoms with van der Waals surface area (Å²) in [5.41, 5.74) is 9.25. The van der Waals surface area contributed by atoms with Gasteiger partial charge in [-0.15, -0.1) is 0 Å². The standard InChI is InChI=1S/C34H40ClFN6O2/c1-21(24-7-8-24)5-3-6-23-15-28(32(36)29(35)16-23)30-17-26-20-42(34(43)40-33(26)39-30)27-10-9-25-19-41(12-4-11-38-22(2)37)13-14-44-31(25)18-27/h9-10,15-18,20-21,24H,3-8,11-14,19H2,1-2H3,(H2,37,38)(H,39,40,43). The molecule has 1 fully saturated rings. The van der Waals surface area contributed by atoms with Gasteiger partial charge in [-0.3, -0.25) is 14.5 Å². The van der Waals surface area contributed by atoms with E-state index in [2.05, 4.69) is 26.8 Å². The molecular weight excluding hydrogens is 579 g/mol. The molecule has 3 N–H and O–H groups in total. The third-order valence-corrected chi connectivity index (χ3v) is 9.09. The molecule has 0 spiro atoms. The molecule has 1 saturated carbocycles. The van der Waals surface area contributed by atoms with Crippen molar-refractivity contribution in [3.05, 3.63) is 75.0 Å². The lowest BCUT2D eigenvalue weighted by atomic mass is 9.96. The summed E-state index contributed by atoms with van der Waals surface area (Å²) in [5, 5.41) is 0.790. The Morgan fingerprint density at radius 2 is 2.09 bits per heavy atom. The zero-order valence-corrected chi connectivity index (χ0v) is 26.2. The first-order chi connectivity index (χ1) is 21.2. The summed E-state index contributed by atoms with van der Waals surface area (Å²) < 4.78 is 22.8. The van der Waals surface area contributed by atoms with Gasteiger partial charge in [-0.05, 0) is 80.7 Å². The number of nitrogens with zero attached hydrogens (tertiary/aromatic N) is 4. The van der Waals surface area contributed by atoms with Gasteiger partial charge >= 0.3 is 5.69 Å². The van der Waals surface area contributed by atoms with Crippen molar-refractivity contribution in [2.24, 2.45) is 22.6 Å². The Morgan fingerprint density at radius 1 is 1.25 bits per heavy atom. The van der Waals surface area contributed by atoms with Gasteiger partial charge in [0.15, 0.2) is 5.82 Å². The van der Waals surface area contributed by atoms with E-state index < -0.39 is 11.5 Å². The van der Waals surface area contributed by atoms with Crippen molar-refractivity contribution in [3.63, 3.8) is 0 Å². The predicted molar refractivity (Wildman–Crippen MR) is 174 cm³/mol. The van der Waals surface area contributed by atoms with Crippen LogP contribution in [0.4, 0.5) is 4.39 Å². The van der Waals surface area contributed by atoms with E-state index in [9.17, 15) is 4.79 Å². The summed E-state index contributed by atoms with van der Waals surface area (Å²) in [4.78, 5) is 27.2. The first-order valence-corrected chi connectivity index (χ1v) is 16.0. The Hall–Kier alpha value is -3.69. The van der Waals surface area contributed by atoms with E-state index in [0.717, 1.165) is 74.0 Å². The number of nitrogens with one attached hydrogen (secondary N) is 1. The lowest BCUT2D eigenvalue weighted by Gasteiger charge is -2.18. The number of H-pyrrole nitrogens is 1. The number of aryl methyl sites for hydroxylation is 1. The molecule has 8 nitrogen and oxygen atoms in total. The quantitative estimate of drug-likeness (QED) is 0.113. The number of rotatable bonds is 11. The minimum Gasteiger partial charge on any atom is -0.492 e. The van der Waals surface area contributed by atoms with Crippen LogP contribution < -0.4 is 16.2 Å². The number of halogens is 2. The fraction of sp³-hybridized carbons (Fsp3) is 0.441. The zero-order chi connectivity index (χ0) is 30.8. The third-order valence-electron chi connectivity index (χ3n) is 8.82. The fourth-order valence-electron chi connectivity index (χ4n) is 6.14. The molecule has 0 saturated heterocycles. The highest BCUT2D eigenvalue weighted by Crippen LogP contribution is 2.39. The average molecular weight is 619 g/mol. The van der Waals surface area contributed by atoms with Crippen LogP contribution in [-0.2, 0) is 13.0 Å². The summed E-state index contributed by atoms with van der Waals surface area (Å²) in [6.07, 6.45) is 8.39. The Bertz CT molecular complexity index is 1740. The zero-order valence-electron chi connectivity index (χ0n) is 25.4. The molecular formula is C34H40ClFN6O2. The summed E-state index contributed by atoms with van der Waals surface area (Å²) in [6.45, 7) is 7.83. The molecule has 0 radical (unpaired) electrons. The van der Waals surface area contributed by atoms with Gasteiger partial charge in [0.2, 0.25) is 0 Å². The van der Waals surface area contributed by atoms with E-state index in [-0.39, 0.29) is 5.02 Å². The molecule has 3 heterocycles. The SMILES string of the molecule is CC(N)=NCCCN1CCOc2cc(-n3cc4cc(-c5cc(CCCC(C)C6CC6)cc(Cl)c5F)[nH]c4nc3=O)ccc2C1. The van der Waals surface area contributed by atoms with E-state index in [1.54, 1.807) is 19.2 Å². The maximum Gasteiger partial charge on any atom is 0.354 e. The van der Waals surface area contributed by atoms with Crippen LogP contribution in [0.15, 0.2) is 52.4 Å². The molecule has 0 bridgehead atoms. The van der Waals surface area contributed by atoms with E-state index >= 15 is 4.39 Å². The molecule has 1 unspecified atom stereocenters. The molecule has 6 rings (SSSR count). The minimum atomic E-state index is -0.484. The van der Waals surface area contributed by atoms with E-state index in [4.69, 9.17) is 22.1 Å². The summed E-state index contributed by atoms with van der Waals surface area (Å²) in [7, 11) is 0. The maximum atomic E-state index is 15.3. The predicted octanol–water partition coefficient (Wildman–Crippen LogP) is 6.50. The number of fused-ring (bicyclic) bond motifs is 2. The first-order valence-electron chi connectivity index (χ1n) is 15.6. The van der Waals surface area contributed by atoms with Crippen LogP contribution in [0.2, 0.25) is 5.02 Å². The van der Waals surface area contributed by atoms with Gasteiger partial charge in [0.05, 0.1) is 22.2 Å². The van der Waals surface area contributed by atoms with Crippen molar-refractivity contribution in [2.75, 3.05) is 26.2 Å². The molecule has 44 heavy (non-hydrogen) atoms. The third kappa shape index (κ3) is 7.00. The van der Waals surface area contributed by atoms with Crippen molar-refractivity contribution < 1.29 is 9.13 Å². The van der Waals surface area contributed by atoms with Crippen molar-refractivity contribution in [3.8, 4) is 22.7 Å². The summed E-state index contributed by atoms with van der Waals surface area (Å²) in [5.74, 6) is 2.48. The van der Waals surface area contributed by atoms with Gasteiger partial charge in [0, 0.05) is 55.0 Å². The van der Waals surface area contributed by atoms with Gasteiger partial charge in [-0.1, -0.05) is 31.0 Å². The van der Waals surface area contributed by atoms with E-state index in [0.29, 0.717) is 47.0 Å². The van der Waals surface area contributed by atoms with Gasteiger partial charge in [-0.25, -0.2) is 9.18 Å². The minimum absolute atomic E-state index is 0.0987. The van der Waals surface area contributed by atoms with Crippen molar-refractivity contribution in [1.82, 2.24) is 19.4 Å². The number of nitrogens with two attached hydrogens (primary N) is 1. The van der Waals surface area contributed by atoms with Crippen molar-refractivity contribution in [1.29, 1.82) is 0 Å². The van der Waals surface area contributed by atoms with Crippen LogP contribution in [-0.4, -0.2) is 51.5 Å². The highest BCUT2D eigenvalue weighted by atomic mass is 35.5. The molecule has 1 atom stereocenters. The molecule has 2 aromatic carbocycles. The van der Waals surface area contributed by atoms with Crippen LogP contribution in [0, 0.1) is 17.7 Å². The molecule has 2 aromatic heterocycles. The lowest BCUT2D eigenvalue weighted by Crippen LogP contribution is -2.27. The second-order valence-corrected chi connectivity index (χ2v) is 12.7. The largest absolute Gasteiger partial charge is 0.492 e. The van der Waals surface area contributed by atoms with Gasteiger partial charge < -0.3 is 15.5 Å². The first kappa shape index (κ1) is 30.3. The molecule has 4 aromatic rings. The Kier molecular flexibility index (Phi) is 9.05. The normalized spacial score (nSPS) is 16.5. The van der Waals surface area contributed by atoms with Crippen molar-refractivity contribution >= 4 is 28.5 Å². The smallest absolute Gasteiger partial charge is 0.354 e. The summed E-state index contributed by atoms with van der Waals surface area (Å²) >= 11 is 6.34. The van der Waals surface area contributed by atoms with Crippen molar-refractivity contribution in [2.45, 2.75) is 58.9 Å². The fourth-order valence-corrected chi connectivity index (χ4v) is 6.38. The van der Waals surface area contributed by atoms with Gasteiger partial charge in [0.1, 0.15) is 18.0 Å². The number of ether oxygens (including phenoxy) is 1. The van der Waals surface area contributed by atoms with Crippen LogP contribution in [0.3, 0.4) is 0 Å². The molecule has 232 valence electrons. The monoisotopic (exact) mass is 618 g/mol. The Labute approximate surface area is 262 Å². The molecule has 1 aliphatic heterocycles. The number of aromatic amines is 1. The Balaban J connectivity index is 1.21. The van der Waals surface area contributed by atoms with Crippen LogP contribution >= 0.6 is 11.6 Å². The number of aliphatic imine (C=N–C) groups is 1. The average Bonchev–Trinajstić information content (AvgIpc) is 3.79. The van der Waals surface area contributed by atoms with Gasteiger partial charge in [-0.2, -0.15) is 4.98 Å². The highest BCUT2D eigenvalue weighted by Gasteiger charge is 2.27. The number of benzene rings is 2. The summed E-state index contributed by atoms with van der Waals surface area (Å²) in [6, 6.07) is 11.2. The topological polar surface area (TPSA) is 102 Å². The number of hydrogen-bond acceptors (Lipinski definition) is 5. The van der Waals surface area contributed by atoms with Crippen LogP contribution in [0.25, 0.3) is 28.0 Å². The van der Waals surface area contributed by atoms with E-state index in [1.165, 1.54) is 17.4 Å². The lowest BCUT2D eigenvalue weighted by molar-refractivity contribution is 0.225. The highest BCUT2D eigenvalue weighted by molar-refractivity contribution is 6.31. The van der Waals surface area contributed by atoms with E-state index in [1.807, 2.05) is 30.3 Å². The second kappa shape index (κ2) is 13.1. The molecule has 1 aliphatic carbocycles. The van der Waals surface area contributed by atoms with Crippen LogP contribution in [0.1, 0.15) is 57.1 Å². The molecule has 2 aliphatic rings. The molecule has 0 amide bonds. The number of aromatic nitrogens is 3. The maximum absolute atomic E-state index is 15.3. The van der Waals surface area contributed by atoms with Crippen LogP contribution in [0.5, 0.6) is 5.75 Å². The number of hydrogen-bond donors (Lipinski definition) is 2. The Morgan fingerprint density at radius 3 is 2.89 bits per heavy atom. The number of amidine groups is 1. The van der Waals surface area contributed by atoms with Gasteiger partial charge in [0.25, 0.3) is 0 Å².